The van der Waals surface area contributed by atoms with Crippen LogP contribution in [-0.2, 0) is 0 Å². The number of hydrogen-bond acceptors (Lipinski definition) is 6. The van der Waals surface area contributed by atoms with Gasteiger partial charge < -0.3 is 14.8 Å². The van der Waals surface area contributed by atoms with Gasteiger partial charge in [0.15, 0.2) is 11.5 Å². The lowest BCUT2D eigenvalue weighted by Gasteiger charge is -2.22. The van der Waals surface area contributed by atoms with Crippen LogP contribution < -0.4 is 14.8 Å². The van der Waals surface area contributed by atoms with Crippen LogP contribution in [0.15, 0.2) is 34.4 Å². The van der Waals surface area contributed by atoms with E-state index in [-0.39, 0.29) is 6.04 Å². The van der Waals surface area contributed by atoms with Crippen LogP contribution >= 0.6 is 27.3 Å². The van der Waals surface area contributed by atoms with E-state index in [1.807, 2.05) is 23.6 Å². The summed E-state index contributed by atoms with van der Waals surface area (Å²) >= 11 is 5.23. The Bertz CT molecular complexity index is 868. The number of rotatable bonds is 3. The number of nitrogens with one attached hydrogen (secondary N) is 1. The van der Waals surface area contributed by atoms with Crippen LogP contribution in [0.1, 0.15) is 18.5 Å². The number of ether oxygens (including phenoxy) is 2. The predicted molar refractivity (Wildman–Crippen MR) is 94.6 cm³/mol. The first-order chi connectivity index (χ1) is 11.2. The van der Waals surface area contributed by atoms with Crippen molar-refractivity contribution in [2.24, 2.45) is 0 Å². The van der Waals surface area contributed by atoms with Crippen LogP contribution in [0.2, 0.25) is 0 Å². The van der Waals surface area contributed by atoms with Gasteiger partial charge >= 0.3 is 0 Å². The van der Waals surface area contributed by atoms with Crippen LogP contribution in [-0.4, -0.2) is 23.2 Å². The van der Waals surface area contributed by atoms with Crippen molar-refractivity contribution in [3.05, 3.63) is 39.9 Å². The zero-order chi connectivity index (χ0) is 15.8. The van der Waals surface area contributed by atoms with Gasteiger partial charge in [0.05, 0.1) is 11.4 Å². The minimum Gasteiger partial charge on any atom is -0.486 e. The number of aromatic nitrogens is 2. The van der Waals surface area contributed by atoms with Gasteiger partial charge in [-0.05, 0) is 36.1 Å². The largest absolute Gasteiger partial charge is 0.486 e. The van der Waals surface area contributed by atoms with Gasteiger partial charge in [-0.25, -0.2) is 9.97 Å². The molecule has 0 bridgehead atoms. The van der Waals surface area contributed by atoms with Gasteiger partial charge in [0, 0.05) is 4.47 Å². The van der Waals surface area contributed by atoms with Crippen LogP contribution in [0.4, 0.5) is 5.82 Å². The molecule has 0 radical (unpaired) electrons. The summed E-state index contributed by atoms with van der Waals surface area (Å²) in [4.78, 5) is 9.64. The van der Waals surface area contributed by atoms with Gasteiger partial charge in [-0.15, -0.1) is 11.3 Å². The lowest BCUT2D eigenvalue weighted by Crippen LogP contribution is -2.16. The summed E-state index contributed by atoms with van der Waals surface area (Å²) in [5, 5.41) is 6.53. The Morgan fingerprint density at radius 2 is 2.00 bits per heavy atom. The average Bonchev–Trinajstić information content (AvgIpc) is 3.04. The first-order valence-corrected chi connectivity index (χ1v) is 8.93. The molecule has 5 nitrogen and oxygen atoms in total. The molecule has 1 aliphatic rings. The minimum atomic E-state index is 0.0539. The highest BCUT2D eigenvalue weighted by molar-refractivity contribution is 9.10. The Hall–Kier alpha value is -1.86. The number of halogens is 1. The lowest BCUT2D eigenvalue weighted by molar-refractivity contribution is 0.171. The molecule has 7 heteroatoms. The Morgan fingerprint density at radius 1 is 1.22 bits per heavy atom. The third-order valence-corrected chi connectivity index (χ3v) is 5.25. The number of thiophene rings is 1. The van der Waals surface area contributed by atoms with E-state index < -0.39 is 0 Å². The SMILES string of the molecule is CC(Nc1ncnc2sccc12)c1cc2c(cc1Br)OCCO2. The molecular weight excluding hydrogens is 378 g/mol. The Labute approximate surface area is 145 Å². The molecule has 1 unspecified atom stereocenters. The van der Waals surface area contributed by atoms with E-state index in [0.29, 0.717) is 13.2 Å². The van der Waals surface area contributed by atoms with Crippen molar-refractivity contribution in [1.82, 2.24) is 9.97 Å². The van der Waals surface area contributed by atoms with Gasteiger partial charge in [-0.3, -0.25) is 0 Å². The van der Waals surface area contributed by atoms with E-state index >= 15 is 0 Å². The highest BCUT2D eigenvalue weighted by Crippen LogP contribution is 2.39. The molecular formula is C16H14BrN3O2S. The zero-order valence-corrected chi connectivity index (χ0v) is 14.8. The summed E-state index contributed by atoms with van der Waals surface area (Å²) in [6.45, 7) is 3.26. The number of benzene rings is 1. The van der Waals surface area contributed by atoms with Crippen LogP contribution in [0.3, 0.4) is 0 Å². The van der Waals surface area contributed by atoms with E-state index in [4.69, 9.17) is 9.47 Å². The molecule has 4 rings (SSSR count). The van der Waals surface area contributed by atoms with Gasteiger partial charge in [0.1, 0.15) is 30.2 Å². The normalized spacial score (nSPS) is 14.7. The lowest BCUT2D eigenvalue weighted by atomic mass is 10.1. The Morgan fingerprint density at radius 3 is 2.83 bits per heavy atom. The molecule has 1 atom stereocenters. The molecule has 23 heavy (non-hydrogen) atoms. The molecule has 0 saturated carbocycles. The quantitative estimate of drug-likeness (QED) is 0.716. The second kappa shape index (κ2) is 5.98. The molecule has 2 aromatic heterocycles. The molecule has 0 saturated heterocycles. The van der Waals surface area contributed by atoms with Crippen molar-refractivity contribution < 1.29 is 9.47 Å². The molecule has 0 amide bonds. The van der Waals surface area contributed by atoms with Crippen molar-refractivity contribution in [2.45, 2.75) is 13.0 Å². The molecule has 1 aromatic carbocycles. The third-order valence-electron chi connectivity index (χ3n) is 3.74. The van der Waals surface area contributed by atoms with Crippen molar-refractivity contribution in [3.8, 4) is 11.5 Å². The molecule has 1 aliphatic heterocycles. The van der Waals surface area contributed by atoms with Crippen LogP contribution in [0.5, 0.6) is 11.5 Å². The maximum atomic E-state index is 5.68. The second-order valence-corrected chi connectivity index (χ2v) is 6.99. The fourth-order valence-electron chi connectivity index (χ4n) is 2.60. The van der Waals surface area contributed by atoms with Gasteiger partial charge in [0.2, 0.25) is 0 Å². The van der Waals surface area contributed by atoms with Crippen LogP contribution in [0.25, 0.3) is 10.2 Å². The van der Waals surface area contributed by atoms with E-state index in [2.05, 4.69) is 38.1 Å². The smallest absolute Gasteiger partial charge is 0.162 e. The first-order valence-electron chi connectivity index (χ1n) is 7.26. The summed E-state index contributed by atoms with van der Waals surface area (Å²) in [5.41, 5.74) is 1.09. The van der Waals surface area contributed by atoms with Crippen molar-refractivity contribution in [2.75, 3.05) is 18.5 Å². The molecule has 0 fully saturated rings. The van der Waals surface area contributed by atoms with Gasteiger partial charge in [-0.2, -0.15) is 0 Å². The number of hydrogen-bond donors (Lipinski definition) is 1. The highest BCUT2D eigenvalue weighted by Gasteiger charge is 2.19. The average molecular weight is 392 g/mol. The molecule has 118 valence electrons. The summed E-state index contributed by atoms with van der Waals surface area (Å²) in [6, 6.07) is 6.07. The van der Waals surface area contributed by atoms with Crippen molar-refractivity contribution >= 4 is 43.3 Å². The van der Waals surface area contributed by atoms with Crippen molar-refractivity contribution in [3.63, 3.8) is 0 Å². The molecule has 1 N–H and O–H groups in total. The predicted octanol–water partition coefficient (Wildman–Crippen LogP) is 4.40. The van der Waals surface area contributed by atoms with E-state index in [1.165, 1.54) is 0 Å². The number of anilines is 1. The molecule has 0 spiro atoms. The highest BCUT2D eigenvalue weighted by atomic mass is 79.9. The van der Waals surface area contributed by atoms with Gasteiger partial charge in [-0.1, -0.05) is 15.9 Å². The summed E-state index contributed by atoms with van der Waals surface area (Å²) in [5.74, 6) is 2.40. The standard InChI is InChI=1S/C16H14BrN3O2S/c1-9(20-15-10-2-5-23-16(10)19-8-18-15)11-6-13-14(7-12(11)17)22-4-3-21-13/h2,5-9H,3-4H2,1H3,(H,18,19,20). The summed E-state index contributed by atoms with van der Waals surface area (Å²) in [6.07, 6.45) is 1.59. The van der Waals surface area contributed by atoms with Crippen LogP contribution in [0, 0.1) is 0 Å². The maximum Gasteiger partial charge on any atom is 0.162 e. The Balaban J connectivity index is 1.66. The zero-order valence-electron chi connectivity index (χ0n) is 12.4. The summed E-state index contributed by atoms with van der Waals surface area (Å²) in [7, 11) is 0. The third kappa shape index (κ3) is 2.74. The summed E-state index contributed by atoms with van der Waals surface area (Å²) < 4.78 is 12.3. The van der Waals surface area contributed by atoms with Gasteiger partial charge in [0.25, 0.3) is 0 Å². The minimum absolute atomic E-state index is 0.0539. The second-order valence-electron chi connectivity index (χ2n) is 5.25. The fraction of sp³-hybridized carbons (Fsp3) is 0.250. The molecule has 3 heterocycles. The molecule has 0 aliphatic carbocycles. The van der Waals surface area contributed by atoms with E-state index in [0.717, 1.165) is 37.6 Å². The number of fused-ring (bicyclic) bond motifs is 2. The first kappa shape index (κ1) is 14.7. The topological polar surface area (TPSA) is 56.3 Å². The van der Waals surface area contributed by atoms with E-state index in [1.54, 1.807) is 17.7 Å². The van der Waals surface area contributed by atoms with E-state index in [9.17, 15) is 0 Å². The monoisotopic (exact) mass is 391 g/mol. The maximum absolute atomic E-state index is 5.68. The molecule has 3 aromatic rings. The number of nitrogens with zero attached hydrogens (tertiary/aromatic N) is 2. The fourth-order valence-corrected chi connectivity index (χ4v) is 4.00. The van der Waals surface area contributed by atoms with Crippen molar-refractivity contribution in [1.29, 1.82) is 0 Å². The Kier molecular flexibility index (Phi) is 3.82.